The Kier molecular flexibility index (Phi) is 6.44. The Bertz CT molecular complexity index is 1020. The number of carbonyl (C=O) groups excluding carboxylic acids is 1. The molecule has 3 rings (SSSR count). The van der Waals surface area contributed by atoms with Crippen molar-refractivity contribution in [1.29, 1.82) is 0 Å². The molecular weight excluding hydrogens is 402 g/mol. The van der Waals surface area contributed by atoms with Crippen LogP contribution in [0, 0.1) is 30.2 Å². The molecule has 1 atom stereocenters. The molecule has 0 saturated heterocycles. The molecule has 0 spiro atoms. The molecule has 158 valence electrons. The first kappa shape index (κ1) is 21.4. The predicted octanol–water partition coefficient (Wildman–Crippen LogP) is 5.60. The van der Waals surface area contributed by atoms with Gasteiger partial charge in [0.1, 0.15) is 12.4 Å². The van der Waals surface area contributed by atoms with Crippen LogP contribution in [-0.4, -0.2) is 5.91 Å². The van der Waals surface area contributed by atoms with E-state index in [4.69, 9.17) is 9.15 Å². The number of nitrogens with one attached hydrogen (secondary N) is 1. The molecule has 2 aromatic carbocycles. The summed E-state index contributed by atoms with van der Waals surface area (Å²) in [7, 11) is 0. The van der Waals surface area contributed by atoms with Crippen molar-refractivity contribution in [3.63, 3.8) is 0 Å². The number of aryl methyl sites for hydroxylation is 1. The van der Waals surface area contributed by atoms with Gasteiger partial charge in [0.05, 0.1) is 6.04 Å². The SMILES string of the molecule is CCC(NC(=O)c1ccc(COc2c(F)c(F)cc(F)c2F)o1)c1ccc(C)cc1. The number of halogens is 4. The number of hydrogen-bond donors (Lipinski definition) is 1. The van der Waals surface area contributed by atoms with Crippen LogP contribution < -0.4 is 10.1 Å². The zero-order valence-corrected chi connectivity index (χ0v) is 16.3. The zero-order valence-electron chi connectivity index (χ0n) is 16.3. The highest BCUT2D eigenvalue weighted by molar-refractivity contribution is 5.91. The molecule has 8 heteroatoms. The maximum atomic E-state index is 13.6. The normalized spacial score (nSPS) is 11.9. The number of ether oxygens (including phenoxy) is 1. The van der Waals surface area contributed by atoms with Crippen molar-refractivity contribution in [3.8, 4) is 5.75 Å². The third kappa shape index (κ3) is 4.64. The van der Waals surface area contributed by atoms with Crippen molar-refractivity contribution >= 4 is 5.91 Å². The molecule has 1 amide bonds. The summed E-state index contributed by atoms with van der Waals surface area (Å²) in [5, 5.41) is 2.85. The van der Waals surface area contributed by atoms with E-state index in [1.54, 1.807) is 0 Å². The number of hydrogen-bond acceptors (Lipinski definition) is 3. The van der Waals surface area contributed by atoms with Gasteiger partial charge in [0.2, 0.25) is 11.6 Å². The quantitative estimate of drug-likeness (QED) is 0.399. The number of amides is 1. The Balaban J connectivity index is 1.67. The van der Waals surface area contributed by atoms with Crippen LogP contribution in [0.5, 0.6) is 5.75 Å². The molecule has 0 aliphatic carbocycles. The Morgan fingerprint density at radius 1 is 1.03 bits per heavy atom. The molecule has 1 heterocycles. The highest BCUT2D eigenvalue weighted by atomic mass is 19.2. The third-order valence-electron chi connectivity index (χ3n) is 4.51. The molecular formula is C22H19F4NO3. The number of furan rings is 1. The Morgan fingerprint density at radius 3 is 2.27 bits per heavy atom. The summed E-state index contributed by atoms with van der Waals surface area (Å²) in [5.41, 5.74) is 2.03. The van der Waals surface area contributed by atoms with E-state index >= 15 is 0 Å². The van der Waals surface area contributed by atoms with Crippen LogP contribution in [0.25, 0.3) is 0 Å². The molecule has 3 aromatic rings. The fourth-order valence-electron chi connectivity index (χ4n) is 2.85. The molecule has 0 saturated carbocycles. The van der Waals surface area contributed by atoms with Crippen LogP contribution in [0.4, 0.5) is 17.6 Å². The average molecular weight is 421 g/mol. The maximum Gasteiger partial charge on any atom is 0.287 e. The topological polar surface area (TPSA) is 51.5 Å². The summed E-state index contributed by atoms with van der Waals surface area (Å²) in [6, 6.07) is 10.3. The van der Waals surface area contributed by atoms with Gasteiger partial charge in [0.25, 0.3) is 5.91 Å². The van der Waals surface area contributed by atoms with Gasteiger partial charge in [-0.05, 0) is 31.0 Å². The monoisotopic (exact) mass is 421 g/mol. The first-order valence-electron chi connectivity index (χ1n) is 9.22. The van der Waals surface area contributed by atoms with Gasteiger partial charge in [-0.2, -0.15) is 8.78 Å². The number of rotatable bonds is 7. The van der Waals surface area contributed by atoms with E-state index < -0.39 is 41.5 Å². The second-order valence-corrected chi connectivity index (χ2v) is 6.70. The van der Waals surface area contributed by atoms with Gasteiger partial charge in [-0.1, -0.05) is 36.8 Å². The lowest BCUT2D eigenvalue weighted by Crippen LogP contribution is -2.27. The van der Waals surface area contributed by atoms with Crippen LogP contribution in [0.1, 0.15) is 46.8 Å². The molecule has 0 fully saturated rings. The molecule has 4 nitrogen and oxygen atoms in total. The lowest BCUT2D eigenvalue weighted by Gasteiger charge is -2.17. The minimum Gasteiger partial charge on any atom is -0.479 e. The highest BCUT2D eigenvalue weighted by Crippen LogP contribution is 2.27. The minimum absolute atomic E-state index is 0.0365. The fourth-order valence-corrected chi connectivity index (χ4v) is 2.85. The highest BCUT2D eigenvalue weighted by Gasteiger charge is 2.22. The van der Waals surface area contributed by atoms with Gasteiger partial charge in [-0.15, -0.1) is 0 Å². The molecule has 1 unspecified atom stereocenters. The Morgan fingerprint density at radius 2 is 1.67 bits per heavy atom. The van der Waals surface area contributed by atoms with Crippen molar-refractivity contribution in [2.75, 3.05) is 0 Å². The van der Waals surface area contributed by atoms with Crippen molar-refractivity contribution < 1.29 is 31.5 Å². The van der Waals surface area contributed by atoms with E-state index in [1.165, 1.54) is 12.1 Å². The summed E-state index contributed by atoms with van der Waals surface area (Å²) < 4.78 is 63.9. The van der Waals surface area contributed by atoms with Crippen molar-refractivity contribution in [3.05, 3.63) is 88.4 Å². The second-order valence-electron chi connectivity index (χ2n) is 6.70. The fraction of sp³-hybridized carbons (Fsp3) is 0.227. The van der Waals surface area contributed by atoms with Gasteiger partial charge in [-0.3, -0.25) is 4.79 Å². The first-order chi connectivity index (χ1) is 14.3. The Hall–Kier alpha value is -3.29. The third-order valence-corrected chi connectivity index (χ3v) is 4.51. The van der Waals surface area contributed by atoms with E-state index in [9.17, 15) is 22.4 Å². The van der Waals surface area contributed by atoms with Gasteiger partial charge >= 0.3 is 0 Å². The number of benzene rings is 2. The molecule has 0 aliphatic heterocycles. The molecule has 1 N–H and O–H groups in total. The van der Waals surface area contributed by atoms with E-state index in [2.05, 4.69) is 5.32 Å². The summed E-state index contributed by atoms with van der Waals surface area (Å²) in [6.45, 7) is 3.36. The van der Waals surface area contributed by atoms with Crippen molar-refractivity contribution in [2.24, 2.45) is 0 Å². The molecule has 1 aromatic heterocycles. The minimum atomic E-state index is -1.65. The zero-order chi connectivity index (χ0) is 21.8. The van der Waals surface area contributed by atoms with Crippen LogP contribution in [0.15, 0.2) is 46.9 Å². The molecule has 0 bridgehead atoms. The second kappa shape index (κ2) is 9.02. The number of carbonyl (C=O) groups is 1. The van der Waals surface area contributed by atoms with E-state index in [1.807, 2.05) is 38.1 Å². The van der Waals surface area contributed by atoms with E-state index in [0.717, 1.165) is 11.1 Å². The standard InChI is InChI=1S/C22H19F4NO3/c1-3-17(13-6-4-12(2)5-7-13)27-22(28)18-9-8-14(30-18)11-29-21-19(25)15(23)10-16(24)20(21)26/h4-10,17H,3,11H2,1-2H3,(H,27,28). The van der Waals surface area contributed by atoms with Crippen molar-refractivity contribution in [2.45, 2.75) is 32.9 Å². The van der Waals surface area contributed by atoms with Gasteiger partial charge in [0.15, 0.2) is 23.1 Å². The first-order valence-corrected chi connectivity index (χ1v) is 9.22. The molecule has 0 radical (unpaired) electrons. The largest absolute Gasteiger partial charge is 0.479 e. The maximum absolute atomic E-state index is 13.6. The smallest absolute Gasteiger partial charge is 0.287 e. The predicted molar refractivity (Wildman–Crippen MR) is 101 cm³/mol. The van der Waals surface area contributed by atoms with Crippen LogP contribution in [-0.2, 0) is 6.61 Å². The van der Waals surface area contributed by atoms with Crippen LogP contribution in [0.2, 0.25) is 0 Å². The molecule has 0 aliphatic rings. The van der Waals surface area contributed by atoms with E-state index in [-0.39, 0.29) is 23.6 Å². The average Bonchev–Trinajstić information content (AvgIpc) is 3.20. The van der Waals surface area contributed by atoms with E-state index in [0.29, 0.717) is 6.42 Å². The van der Waals surface area contributed by atoms with Crippen LogP contribution in [0.3, 0.4) is 0 Å². The summed E-state index contributed by atoms with van der Waals surface area (Å²) >= 11 is 0. The molecule has 30 heavy (non-hydrogen) atoms. The Labute approximate surface area is 170 Å². The lowest BCUT2D eigenvalue weighted by atomic mass is 10.0. The van der Waals surface area contributed by atoms with Crippen LogP contribution >= 0.6 is 0 Å². The van der Waals surface area contributed by atoms with Gasteiger partial charge < -0.3 is 14.5 Å². The summed E-state index contributed by atoms with van der Waals surface area (Å²) in [6.07, 6.45) is 0.648. The summed E-state index contributed by atoms with van der Waals surface area (Å²) in [4.78, 5) is 12.5. The van der Waals surface area contributed by atoms with Crippen molar-refractivity contribution in [1.82, 2.24) is 5.32 Å². The lowest BCUT2D eigenvalue weighted by molar-refractivity contribution is 0.0903. The van der Waals surface area contributed by atoms with Gasteiger partial charge in [0, 0.05) is 6.07 Å². The summed E-state index contributed by atoms with van der Waals surface area (Å²) in [5.74, 6) is -8.12. The van der Waals surface area contributed by atoms with Gasteiger partial charge in [-0.25, -0.2) is 8.78 Å².